The molecule has 0 saturated heterocycles. The zero-order valence-corrected chi connectivity index (χ0v) is 19.0. The third-order valence-corrected chi connectivity index (χ3v) is 6.05. The van der Waals surface area contributed by atoms with Crippen molar-refractivity contribution in [1.82, 2.24) is 14.9 Å². The molecule has 1 N–H and O–H groups in total. The Morgan fingerprint density at radius 3 is 2.61 bits per heavy atom. The first-order chi connectivity index (χ1) is 15.0. The lowest BCUT2D eigenvalue weighted by atomic mass is 10.1. The summed E-state index contributed by atoms with van der Waals surface area (Å²) in [4.78, 5) is 30.0. The standard InChI is InChI=1S/C23H27N3O4S/c1-5-26-22(28)17-8-6-7-9-18(17)25-23(26)31-15(2)21(27)24-13-12-16-10-11-19(29-3)20(14-16)30-4/h6-11,14-15H,5,12-13H2,1-4H3,(H,24,27)/t15-/m1/s1. The predicted molar refractivity (Wildman–Crippen MR) is 123 cm³/mol. The highest BCUT2D eigenvalue weighted by Gasteiger charge is 2.18. The lowest BCUT2D eigenvalue weighted by molar-refractivity contribution is -0.120. The van der Waals surface area contributed by atoms with E-state index in [1.54, 1.807) is 24.9 Å². The van der Waals surface area contributed by atoms with Crippen molar-refractivity contribution < 1.29 is 14.3 Å². The van der Waals surface area contributed by atoms with Crippen molar-refractivity contribution in [2.24, 2.45) is 0 Å². The van der Waals surface area contributed by atoms with Crippen molar-refractivity contribution in [3.63, 3.8) is 0 Å². The summed E-state index contributed by atoms with van der Waals surface area (Å²) in [7, 11) is 3.19. The second kappa shape index (κ2) is 10.3. The molecule has 0 bridgehead atoms. The van der Waals surface area contributed by atoms with Gasteiger partial charge in [-0.1, -0.05) is 30.0 Å². The van der Waals surface area contributed by atoms with E-state index in [0.717, 1.165) is 5.56 Å². The van der Waals surface area contributed by atoms with Crippen molar-refractivity contribution in [3.05, 3.63) is 58.4 Å². The van der Waals surface area contributed by atoms with Crippen LogP contribution >= 0.6 is 11.8 Å². The summed E-state index contributed by atoms with van der Waals surface area (Å²) in [5.41, 5.74) is 1.59. The molecule has 1 amide bonds. The zero-order valence-electron chi connectivity index (χ0n) is 18.2. The fourth-order valence-corrected chi connectivity index (χ4v) is 4.23. The average molecular weight is 442 g/mol. The number of thioether (sulfide) groups is 1. The average Bonchev–Trinajstić information content (AvgIpc) is 2.79. The highest BCUT2D eigenvalue weighted by molar-refractivity contribution is 8.00. The molecule has 2 aromatic carbocycles. The maximum atomic E-state index is 12.7. The molecule has 0 radical (unpaired) electrons. The van der Waals surface area contributed by atoms with Crippen LogP contribution in [0.2, 0.25) is 0 Å². The second-order valence-corrected chi connectivity index (χ2v) is 8.26. The van der Waals surface area contributed by atoms with Crippen LogP contribution in [0.1, 0.15) is 19.4 Å². The van der Waals surface area contributed by atoms with Gasteiger partial charge in [0.1, 0.15) is 0 Å². The summed E-state index contributed by atoms with van der Waals surface area (Å²) >= 11 is 1.29. The molecule has 0 saturated carbocycles. The number of hydrogen-bond acceptors (Lipinski definition) is 6. The maximum Gasteiger partial charge on any atom is 0.262 e. The van der Waals surface area contributed by atoms with Crippen LogP contribution in [0.15, 0.2) is 52.4 Å². The van der Waals surface area contributed by atoms with E-state index >= 15 is 0 Å². The van der Waals surface area contributed by atoms with Gasteiger partial charge in [-0.15, -0.1) is 0 Å². The van der Waals surface area contributed by atoms with Gasteiger partial charge in [0.15, 0.2) is 16.7 Å². The highest BCUT2D eigenvalue weighted by atomic mass is 32.2. The van der Waals surface area contributed by atoms with E-state index in [-0.39, 0.29) is 11.5 Å². The maximum absolute atomic E-state index is 12.7. The van der Waals surface area contributed by atoms with Gasteiger partial charge in [-0.05, 0) is 50.1 Å². The molecule has 3 rings (SSSR count). The summed E-state index contributed by atoms with van der Waals surface area (Å²) in [5, 5.41) is 3.70. The monoisotopic (exact) mass is 441 g/mol. The third-order valence-electron chi connectivity index (χ3n) is 4.96. The molecule has 3 aromatic rings. The highest BCUT2D eigenvalue weighted by Crippen LogP contribution is 2.27. The van der Waals surface area contributed by atoms with Gasteiger partial charge in [0.2, 0.25) is 5.91 Å². The molecule has 1 heterocycles. The number of fused-ring (bicyclic) bond motifs is 1. The summed E-state index contributed by atoms with van der Waals surface area (Å²) in [6, 6.07) is 13.0. The number of carbonyl (C=O) groups excluding carboxylic acids is 1. The van der Waals surface area contributed by atoms with E-state index in [4.69, 9.17) is 9.47 Å². The van der Waals surface area contributed by atoms with Gasteiger partial charge in [-0.3, -0.25) is 14.2 Å². The smallest absolute Gasteiger partial charge is 0.262 e. The van der Waals surface area contributed by atoms with E-state index in [1.807, 2.05) is 50.2 Å². The van der Waals surface area contributed by atoms with Crippen LogP contribution in [0.4, 0.5) is 0 Å². The fraction of sp³-hybridized carbons (Fsp3) is 0.348. The topological polar surface area (TPSA) is 82.5 Å². The first-order valence-corrected chi connectivity index (χ1v) is 11.0. The molecule has 31 heavy (non-hydrogen) atoms. The lowest BCUT2D eigenvalue weighted by Crippen LogP contribution is -2.33. The molecule has 164 valence electrons. The summed E-state index contributed by atoms with van der Waals surface area (Å²) in [6.07, 6.45) is 0.664. The van der Waals surface area contributed by atoms with Gasteiger partial charge in [0.05, 0.1) is 30.4 Å². The molecule has 8 heteroatoms. The molecule has 1 atom stereocenters. The van der Waals surface area contributed by atoms with Gasteiger partial charge in [-0.25, -0.2) is 4.98 Å². The summed E-state index contributed by atoms with van der Waals surface area (Å²) in [6.45, 7) is 4.70. The van der Waals surface area contributed by atoms with Crippen molar-refractivity contribution in [2.75, 3.05) is 20.8 Å². The number of nitrogens with zero attached hydrogens (tertiary/aromatic N) is 2. The predicted octanol–water partition coefficient (Wildman–Crippen LogP) is 3.27. The molecule has 7 nitrogen and oxygen atoms in total. The molecule has 0 aliphatic heterocycles. The Morgan fingerprint density at radius 1 is 1.16 bits per heavy atom. The number of rotatable bonds is 9. The van der Waals surface area contributed by atoms with Crippen LogP contribution in [0.3, 0.4) is 0 Å². The van der Waals surface area contributed by atoms with E-state index < -0.39 is 5.25 Å². The number of aromatic nitrogens is 2. The summed E-state index contributed by atoms with van der Waals surface area (Å²) in [5.74, 6) is 1.23. The number of ether oxygens (including phenoxy) is 2. The van der Waals surface area contributed by atoms with Crippen molar-refractivity contribution in [3.8, 4) is 11.5 Å². The molecule has 0 spiro atoms. The third kappa shape index (κ3) is 5.19. The van der Waals surface area contributed by atoms with E-state index in [2.05, 4.69) is 10.3 Å². The second-order valence-electron chi connectivity index (χ2n) is 6.95. The Balaban J connectivity index is 1.64. The zero-order chi connectivity index (χ0) is 22.4. The van der Waals surface area contributed by atoms with E-state index in [0.29, 0.717) is 47.1 Å². The number of hydrogen-bond donors (Lipinski definition) is 1. The Morgan fingerprint density at radius 2 is 1.90 bits per heavy atom. The number of para-hydroxylation sites is 1. The van der Waals surface area contributed by atoms with Crippen LogP contribution in [-0.2, 0) is 17.8 Å². The quantitative estimate of drug-likeness (QED) is 0.405. The lowest BCUT2D eigenvalue weighted by Gasteiger charge is -2.15. The first kappa shape index (κ1) is 22.7. The molecule has 0 aliphatic rings. The number of amides is 1. The Bertz CT molecular complexity index is 1130. The van der Waals surface area contributed by atoms with Crippen LogP contribution in [0.25, 0.3) is 10.9 Å². The van der Waals surface area contributed by atoms with Crippen LogP contribution in [0, 0.1) is 0 Å². The minimum absolute atomic E-state index is 0.0864. The molecule has 0 fully saturated rings. The van der Waals surface area contributed by atoms with Crippen LogP contribution in [0.5, 0.6) is 11.5 Å². The van der Waals surface area contributed by atoms with Crippen LogP contribution < -0.4 is 20.3 Å². The van der Waals surface area contributed by atoms with E-state index in [1.165, 1.54) is 11.8 Å². The number of carbonyl (C=O) groups is 1. The van der Waals surface area contributed by atoms with Gasteiger partial charge < -0.3 is 14.8 Å². The minimum atomic E-state index is -0.392. The van der Waals surface area contributed by atoms with Crippen LogP contribution in [-0.4, -0.2) is 41.5 Å². The Kier molecular flexibility index (Phi) is 7.57. The first-order valence-electron chi connectivity index (χ1n) is 10.1. The summed E-state index contributed by atoms with van der Waals surface area (Å²) < 4.78 is 12.2. The van der Waals surface area contributed by atoms with Crippen molar-refractivity contribution in [2.45, 2.75) is 37.2 Å². The fourth-order valence-electron chi connectivity index (χ4n) is 3.24. The van der Waals surface area contributed by atoms with Crippen molar-refractivity contribution in [1.29, 1.82) is 0 Å². The number of benzene rings is 2. The number of methoxy groups -OCH3 is 2. The van der Waals surface area contributed by atoms with Gasteiger partial charge >= 0.3 is 0 Å². The molecular formula is C23H27N3O4S. The molecule has 1 aromatic heterocycles. The molecular weight excluding hydrogens is 414 g/mol. The Labute approximate surface area is 185 Å². The molecule has 0 aliphatic carbocycles. The van der Waals surface area contributed by atoms with Gasteiger partial charge in [0.25, 0.3) is 5.56 Å². The molecule has 0 unspecified atom stereocenters. The van der Waals surface area contributed by atoms with E-state index in [9.17, 15) is 9.59 Å². The van der Waals surface area contributed by atoms with Gasteiger partial charge in [-0.2, -0.15) is 0 Å². The number of nitrogens with one attached hydrogen (secondary N) is 1. The largest absolute Gasteiger partial charge is 0.493 e. The normalized spacial score (nSPS) is 11.9. The SMILES string of the molecule is CCn1c(S[C@H](C)C(=O)NCCc2ccc(OC)c(OC)c2)nc2ccccc2c1=O. The Hall–Kier alpha value is -3.00. The van der Waals surface area contributed by atoms with Gasteiger partial charge in [0, 0.05) is 13.1 Å². The van der Waals surface area contributed by atoms with Crippen molar-refractivity contribution >= 4 is 28.6 Å². The minimum Gasteiger partial charge on any atom is -0.493 e.